The molecule has 128 valence electrons. The molecule has 0 unspecified atom stereocenters. The monoisotopic (exact) mass is 364 g/mol. The molecular formula is C18H21ClN2O2S. The maximum Gasteiger partial charge on any atom is 0.264 e. The van der Waals surface area contributed by atoms with E-state index in [1.807, 2.05) is 37.2 Å². The Hall–Kier alpha value is -1.40. The SMILES string of the molecule is CN(C)C[C@@H]1OCCN(C(=O)c2ccc(Cl)s2)[C@H]1c1ccccc1. The van der Waals surface area contributed by atoms with Gasteiger partial charge in [-0.05, 0) is 31.8 Å². The molecule has 3 rings (SSSR count). The Morgan fingerprint density at radius 3 is 2.67 bits per heavy atom. The van der Waals surface area contributed by atoms with E-state index in [9.17, 15) is 4.79 Å². The van der Waals surface area contributed by atoms with Crippen LogP contribution in [0.4, 0.5) is 0 Å². The first kappa shape index (κ1) is 17.4. The lowest BCUT2D eigenvalue weighted by Gasteiger charge is -2.42. The number of likely N-dealkylation sites (N-methyl/N-ethyl adjacent to an activating group) is 1. The Labute approximate surface area is 151 Å². The third-order valence-corrected chi connectivity index (χ3v) is 5.30. The zero-order valence-corrected chi connectivity index (χ0v) is 15.4. The second-order valence-electron chi connectivity index (χ2n) is 6.13. The summed E-state index contributed by atoms with van der Waals surface area (Å²) >= 11 is 7.34. The molecule has 2 heterocycles. The normalized spacial score (nSPS) is 21.2. The highest BCUT2D eigenvalue weighted by atomic mass is 35.5. The summed E-state index contributed by atoms with van der Waals surface area (Å²) in [6, 6.07) is 13.6. The molecule has 24 heavy (non-hydrogen) atoms. The Bertz CT molecular complexity index is 689. The molecule has 4 nitrogen and oxygen atoms in total. The molecule has 2 aromatic rings. The fourth-order valence-corrected chi connectivity index (χ4v) is 4.09. The lowest BCUT2D eigenvalue weighted by Crippen LogP contribution is -2.51. The third-order valence-electron chi connectivity index (χ3n) is 4.08. The fourth-order valence-electron chi connectivity index (χ4n) is 3.09. The summed E-state index contributed by atoms with van der Waals surface area (Å²) in [5, 5.41) is 0. The number of nitrogens with zero attached hydrogens (tertiary/aromatic N) is 2. The number of carbonyl (C=O) groups is 1. The van der Waals surface area contributed by atoms with E-state index < -0.39 is 0 Å². The maximum atomic E-state index is 13.0. The summed E-state index contributed by atoms with van der Waals surface area (Å²) in [5.74, 6) is 0.0211. The largest absolute Gasteiger partial charge is 0.373 e. The first-order chi connectivity index (χ1) is 11.6. The van der Waals surface area contributed by atoms with E-state index in [-0.39, 0.29) is 18.1 Å². The number of morpholine rings is 1. The molecule has 1 fully saturated rings. The van der Waals surface area contributed by atoms with Crippen LogP contribution in [0.25, 0.3) is 0 Å². The molecule has 0 spiro atoms. The first-order valence-electron chi connectivity index (χ1n) is 7.94. The average molecular weight is 365 g/mol. The van der Waals surface area contributed by atoms with E-state index in [0.717, 1.165) is 12.1 Å². The molecule has 0 radical (unpaired) electrons. The minimum Gasteiger partial charge on any atom is -0.373 e. The van der Waals surface area contributed by atoms with Crippen LogP contribution in [0.15, 0.2) is 42.5 Å². The first-order valence-corrected chi connectivity index (χ1v) is 9.13. The number of hydrogen-bond donors (Lipinski definition) is 0. The van der Waals surface area contributed by atoms with E-state index in [2.05, 4.69) is 17.0 Å². The van der Waals surface area contributed by atoms with Crippen molar-refractivity contribution in [2.45, 2.75) is 12.1 Å². The van der Waals surface area contributed by atoms with Gasteiger partial charge >= 0.3 is 0 Å². The molecule has 2 atom stereocenters. The van der Waals surface area contributed by atoms with Gasteiger partial charge in [0.15, 0.2) is 0 Å². The summed E-state index contributed by atoms with van der Waals surface area (Å²) in [7, 11) is 4.04. The van der Waals surface area contributed by atoms with Crippen molar-refractivity contribution >= 4 is 28.8 Å². The molecule has 1 aromatic carbocycles. The second-order valence-corrected chi connectivity index (χ2v) is 7.84. The molecule has 0 N–H and O–H groups in total. The van der Waals surface area contributed by atoms with Crippen LogP contribution in [-0.2, 0) is 4.74 Å². The molecule has 1 aliphatic rings. The van der Waals surface area contributed by atoms with Crippen LogP contribution in [0, 0.1) is 0 Å². The van der Waals surface area contributed by atoms with Crippen molar-refractivity contribution in [1.29, 1.82) is 0 Å². The number of rotatable bonds is 4. The van der Waals surface area contributed by atoms with Gasteiger partial charge in [-0.2, -0.15) is 0 Å². The predicted molar refractivity (Wildman–Crippen MR) is 97.8 cm³/mol. The van der Waals surface area contributed by atoms with Gasteiger partial charge in [0.1, 0.15) is 0 Å². The van der Waals surface area contributed by atoms with Gasteiger partial charge in [-0.1, -0.05) is 41.9 Å². The highest BCUT2D eigenvalue weighted by molar-refractivity contribution is 7.17. The van der Waals surface area contributed by atoms with Gasteiger partial charge in [0.05, 0.1) is 28.0 Å². The molecule has 0 aliphatic carbocycles. The average Bonchev–Trinajstić information content (AvgIpc) is 3.01. The van der Waals surface area contributed by atoms with Crippen molar-refractivity contribution in [3.05, 3.63) is 57.2 Å². The van der Waals surface area contributed by atoms with Gasteiger partial charge in [-0.25, -0.2) is 0 Å². The van der Waals surface area contributed by atoms with Gasteiger partial charge in [0.2, 0.25) is 0 Å². The van der Waals surface area contributed by atoms with Gasteiger partial charge in [-0.3, -0.25) is 4.79 Å². The van der Waals surface area contributed by atoms with Crippen molar-refractivity contribution in [3.63, 3.8) is 0 Å². The number of hydrogen-bond acceptors (Lipinski definition) is 4. The molecule has 1 amide bonds. The lowest BCUT2D eigenvalue weighted by molar-refractivity contribution is -0.0683. The predicted octanol–water partition coefficient (Wildman–Crippen LogP) is 3.55. The quantitative estimate of drug-likeness (QED) is 0.831. The van der Waals surface area contributed by atoms with Crippen LogP contribution in [0.5, 0.6) is 0 Å². The fraction of sp³-hybridized carbons (Fsp3) is 0.389. The van der Waals surface area contributed by atoms with Crippen molar-refractivity contribution in [2.75, 3.05) is 33.8 Å². The third kappa shape index (κ3) is 3.81. The van der Waals surface area contributed by atoms with Crippen LogP contribution in [0.1, 0.15) is 21.3 Å². The molecule has 1 aromatic heterocycles. The second kappa shape index (κ2) is 7.66. The van der Waals surface area contributed by atoms with E-state index in [1.165, 1.54) is 11.3 Å². The van der Waals surface area contributed by atoms with Gasteiger partial charge in [0.25, 0.3) is 5.91 Å². The van der Waals surface area contributed by atoms with Crippen LogP contribution >= 0.6 is 22.9 Å². The number of amides is 1. The van der Waals surface area contributed by atoms with Crippen LogP contribution < -0.4 is 0 Å². The molecule has 0 bridgehead atoms. The van der Waals surface area contributed by atoms with Crippen LogP contribution in [0.3, 0.4) is 0 Å². The van der Waals surface area contributed by atoms with Crippen molar-refractivity contribution in [1.82, 2.24) is 9.80 Å². The molecule has 1 aliphatic heterocycles. The number of ether oxygens (including phenoxy) is 1. The van der Waals surface area contributed by atoms with E-state index in [4.69, 9.17) is 16.3 Å². The van der Waals surface area contributed by atoms with Crippen molar-refractivity contribution < 1.29 is 9.53 Å². The van der Waals surface area contributed by atoms with Crippen LogP contribution in [-0.4, -0.2) is 55.6 Å². The maximum absolute atomic E-state index is 13.0. The molecule has 0 saturated carbocycles. The van der Waals surface area contributed by atoms with E-state index in [0.29, 0.717) is 22.4 Å². The minimum atomic E-state index is -0.101. The summed E-state index contributed by atoms with van der Waals surface area (Å²) < 4.78 is 6.65. The highest BCUT2D eigenvalue weighted by Crippen LogP contribution is 2.33. The minimum absolute atomic E-state index is 0.0211. The van der Waals surface area contributed by atoms with Crippen LogP contribution in [0.2, 0.25) is 4.34 Å². The van der Waals surface area contributed by atoms with E-state index in [1.54, 1.807) is 12.1 Å². The number of thiophene rings is 1. The summed E-state index contributed by atoms with van der Waals surface area (Å²) in [5.41, 5.74) is 1.10. The number of benzene rings is 1. The smallest absolute Gasteiger partial charge is 0.264 e. The summed E-state index contributed by atoms with van der Waals surface area (Å²) in [4.78, 5) is 17.7. The topological polar surface area (TPSA) is 32.8 Å². The molecule has 1 saturated heterocycles. The van der Waals surface area contributed by atoms with E-state index >= 15 is 0 Å². The summed E-state index contributed by atoms with van der Waals surface area (Å²) in [6.07, 6.45) is -0.0597. The summed E-state index contributed by atoms with van der Waals surface area (Å²) in [6.45, 7) is 1.89. The number of halogens is 1. The Balaban J connectivity index is 1.94. The van der Waals surface area contributed by atoms with Gasteiger partial charge in [-0.15, -0.1) is 11.3 Å². The Kier molecular flexibility index (Phi) is 5.56. The highest BCUT2D eigenvalue weighted by Gasteiger charge is 2.37. The zero-order chi connectivity index (χ0) is 17.1. The van der Waals surface area contributed by atoms with Gasteiger partial charge < -0.3 is 14.5 Å². The standard InChI is InChI=1S/C18H21ClN2O2S/c1-20(2)12-14-17(13-6-4-3-5-7-13)21(10-11-23-14)18(22)15-8-9-16(19)24-15/h3-9,14,17H,10-12H2,1-2H3/t14-,17-/m0/s1. The Morgan fingerprint density at radius 1 is 1.29 bits per heavy atom. The van der Waals surface area contributed by atoms with Crippen molar-refractivity contribution in [3.8, 4) is 0 Å². The Morgan fingerprint density at radius 2 is 2.04 bits per heavy atom. The zero-order valence-electron chi connectivity index (χ0n) is 13.8. The number of carbonyl (C=O) groups excluding carboxylic acids is 1. The molecular weight excluding hydrogens is 344 g/mol. The van der Waals surface area contributed by atoms with Gasteiger partial charge in [0, 0.05) is 13.1 Å². The van der Waals surface area contributed by atoms with Crippen molar-refractivity contribution in [2.24, 2.45) is 0 Å². The molecule has 6 heteroatoms. The lowest BCUT2D eigenvalue weighted by atomic mass is 9.97.